The van der Waals surface area contributed by atoms with E-state index in [0.29, 0.717) is 0 Å². The van der Waals surface area contributed by atoms with E-state index in [-0.39, 0.29) is 12.3 Å². The summed E-state index contributed by atoms with van der Waals surface area (Å²) in [7, 11) is 0. The summed E-state index contributed by atoms with van der Waals surface area (Å²) in [6.07, 6.45) is 1.04. The molecule has 0 fully saturated rings. The highest BCUT2D eigenvalue weighted by Gasteiger charge is 2.17. The predicted octanol–water partition coefficient (Wildman–Crippen LogP) is -0.356. The molecule has 0 bridgehead atoms. The highest BCUT2D eigenvalue weighted by molar-refractivity contribution is 5.79. The molecule has 0 aromatic heterocycles. The molecule has 1 heterocycles. The summed E-state index contributed by atoms with van der Waals surface area (Å²) < 4.78 is 12.3. The van der Waals surface area contributed by atoms with E-state index < -0.39 is 11.9 Å². The summed E-state index contributed by atoms with van der Waals surface area (Å²) >= 11 is 0. The van der Waals surface area contributed by atoms with E-state index in [1.165, 1.54) is 0 Å². The number of nitrogens with one attached hydrogen (secondary N) is 1. The maximum absolute atomic E-state index is 12.3. The van der Waals surface area contributed by atoms with Crippen molar-refractivity contribution in [3.8, 4) is 0 Å². The van der Waals surface area contributed by atoms with Gasteiger partial charge in [0.1, 0.15) is 5.83 Å². The normalized spacial score (nSPS) is 27.1. The third-order valence-corrected chi connectivity index (χ3v) is 1.13. The van der Waals surface area contributed by atoms with Crippen LogP contribution in [0, 0.1) is 0 Å². The molecule has 1 atom stereocenters. The van der Waals surface area contributed by atoms with Crippen LogP contribution in [0.1, 0.15) is 6.42 Å². The van der Waals surface area contributed by atoms with Gasteiger partial charge < -0.3 is 11.1 Å². The monoisotopic (exact) mass is 130 g/mol. The van der Waals surface area contributed by atoms with E-state index in [1.54, 1.807) is 0 Å². The first kappa shape index (κ1) is 6.22. The first-order valence-electron chi connectivity index (χ1n) is 2.60. The molecule has 1 aliphatic rings. The number of hydrogen-bond donors (Lipinski definition) is 2. The summed E-state index contributed by atoms with van der Waals surface area (Å²) in [6, 6.07) is -0.737. The van der Waals surface area contributed by atoms with Crippen molar-refractivity contribution in [1.29, 1.82) is 0 Å². The summed E-state index contributed by atoms with van der Waals surface area (Å²) in [5.74, 6) is -0.696. The second-order valence-electron chi connectivity index (χ2n) is 1.91. The average molecular weight is 130 g/mol. The maximum Gasteiger partial charge on any atom is 0.225 e. The Morgan fingerprint density at radius 2 is 2.56 bits per heavy atom. The van der Waals surface area contributed by atoms with Crippen molar-refractivity contribution >= 4 is 5.91 Å². The molecular weight excluding hydrogens is 123 g/mol. The lowest BCUT2D eigenvalue weighted by atomic mass is 10.1. The van der Waals surface area contributed by atoms with Crippen LogP contribution in [0.2, 0.25) is 0 Å². The highest BCUT2D eigenvalue weighted by atomic mass is 19.1. The molecule has 1 aliphatic heterocycles. The molecule has 0 aliphatic carbocycles. The summed E-state index contributed by atoms with van der Waals surface area (Å²) in [5.41, 5.74) is 5.16. The molecule has 0 spiro atoms. The number of carbonyl (C=O) groups is 1. The van der Waals surface area contributed by atoms with Gasteiger partial charge in [-0.25, -0.2) is 4.39 Å². The van der Waals surface area contributed by atoms with Gasteiger partial charge in [0.15, 0.2) is 0 Å². The Morgan fingerprint density at radius 1 is 1.89 bits per heavy atom. The van der Waals surface area contributed by atoms with Crippen LogP contribution >= 0.6 is 0 Å². The van der Waals surface area contributed by atoms with Gasteiger partial charge in [0, 0.05) is 12.6 Å². The fraction of sp³-hybridized carbons (Fsp3) is 0.400. The van der Waals surface area contributed by atoms with E-state index in [1.807, 2.05) is 0 Å². The molecule has 3 nitrogen and oxygen atoms in total. The van der Waals surface area contributed by atoms with Crippen LogP contribution in [-0.4, -0.2) is 11.9 Å². The van der Waals surface area contributed by atoms with Crippen LogP contribution in [0.3, 0.4) is 0 Å². The van der Waals surface area contributed by atoms with Gasteiger partial charge in [-0.3, -0.25) is 4.79 Å². The molecule has 0 aromatic carbocycles. The van der Waals surface area contributed by atoms with Crippen LogP contribution in [0.4, 0.5) is 4.39 Å². The lowest BCUT2D eigenvalue weighted by Gasteiger charge is -2.13. The Hall–Kier alpha value is -0.900. The van der Waals surface area contributed by atoms with Crippen molar-refractivity contribution in [3.63, 3.8) is 0 Å². The molecule has 3 N–H and O–H groups in total. The molecule has 50 valence electrons. The molecule has 0 saturated heterocycles. The van der Waals surface area contributed by atoms with Crippen molar-refractivity contribution in [2.24, 2.45) is 5.73 Å². The number of nitrogens with two attached hydrogens (primary N) is 1. The van der Waals surface area contributed by atoms with E-state index >= 15 is 0 Å². The minimum absolute atomic E-state index is 0.0440. The number of hydrogen-bond acceptors (Lipinski definition) is 2. The standard InChI is InChI=1S/C5H7FN2O/c6-3-2-8-5(9)1-4(3)7/h2,4H,1,7H2,(H,8,9). The molecule has 0 radical (unpaired) electrons. The molecular formula is C5H7FN2O. The smallest absolute Gasteiger partial charge is 0.225 e. The van der Waals surface area contributed by atoms with Crippen LogP contribution in [-0.2, 0) is 4.79 Å². The minimum atomic E-state index is -0.737. The zero-order chi connectivity index (χ0) is 6.85. The van der Waals surface area contributed by atoms with Gasteiger partial charge in [-0.05, 0) is 0 Å². The van der Waals surface area contributed by atoms with Crippen LogP contribution in [0.5, 0.6) is 0 Å². The van der Waals surface area contributed by atoms with Gasteiger partial charge in [-0.15, -0.1) is 0 Å². The van der Waals surface area contributed by atoms with Gasteiger partial charge in [0.2, 0.25) is 5.91 Å². The van der Waals surface area contributed by atoms with Gasteiger partial charge in [0.25, 0.3) is 0 Å². The van der Waals surface area contributed by atoms with Gasteiger partial charge >= 0.3 is 0 Å². The van der Waals surface area contributed by atoms with E-state index in [4.69, 9.17) is 5.73 Å². The second kappa shape index (κ2) is 2.14. The predicted molar refractivity (Wildman–Crippen MR) is 29.9 cm³/mol. The zero-order valence-corrected chi connectivity index (χ0v) is 4.73. The van der Waals surface area contributed by atoms with Crippen LogP contribution in [0.15, 0.2) is 12.0 Å². The van der Waals surface area contributed by atoms with Crippen LogP contribution in [0.25, 0.3) is 0 Å². The first-order chi connectivity index (χ1) is 4.20. The van der Waals surface area contributed by atoms with Crippen LogP contribution < -0.4 is 11.1 Å². The van der Waals surface area contributed by atoms with Crippen molar-refractivity contribution in [2.45, 2.75) is 12.5 Å². The van der Waals surface area contributed by atoms with Crippen molar-refractivity contribution < 1.29 is 9.18 Å². The Kier molecular flexibility index (Phi) is 1.48. The van der Waals surface area contributed by atoms with Crippen molar-refractivity contribution in [3.05, 3.63) is 12.0 Å². The molecule has 1 amide bonds. The molecule has 4 heteroatoms. The number of amides is 1. The number of carbonyl (C=O) groups excluding carboxylic acids is 1. The second-order valence-corrected chi connectivity index (χ2v) is 1.91. The van der Waals surface area contributed by atoms with Gasteiger partial charge in [0.05, 0.1) is 6.04 Å². The quantitative estimate of drug-likeness (QED) is 0.470. The Labute approximate surface area is 51.7 Å². The van der Waals surface area contributed by atoms with E-state index in [0.717, 1.165) is 6.20 Å². The van der Waals surface area contributed by atoms with E-state index in [2.05, 4.69) is 5.32 Å². The summed E-state index contributed by atoms with van der Waals surface area (Å²) in [4.78, 5) is 10.4. The molecule has 1 unspecified atom stereocenters. The lowest BCUT2D eigenvalue weighted by molar-refractivity contribution is -0.120. The topological polar surface area (TPSA) is 55.1 Å². The molecule has 0 aromatic rings. The third kappa shape index (κ3) is 1.26. The lowest BCUT2D eigenvalue weighted by Crippen LogP contribution is -2.35. The largest absolute Gasteiger partial charge is 0.330 e. The molecule has 9 heavy (non-hydrogen) atoms. The fourth-order valence-corrected chi connectivity index (χ4v) is 0.613. The van der Waals surface area contributed by atoms with Gasteiger partial charge in [-0.2, -0.15) is 0 Å². The van der Waals surface area contributed by atoms with E-state index in [9.17, 15) is 9.18 Å². The third-order valence-electron chi connectivity index (χ3n) is 1.13. The summed E-state index contributed by atoms with van der Waals surface area (Å²) in [6.45, 7) is 0. The molecule has 0 saturated carbocycles. The molecule has 1 rings (SSSR count). The number of halogens is 1. The Bertz CT molecular complexity index is 166. The van der Waals surface area contributed by atoms with Crippen molar-refractivity contribution in [1.82, 2.24) is 5.32 Å². The highest BCUT2D eigenvalue weighted by Crippen LogP contribution is 2.07. The average Bonchev–Trinajstić information content (AvgIpc) is 1.80. The SMILES string of the molecule is NC1CC(=O)NC=C1F. The first-order valence-corrected chi connectivity index (χ1v) is 2.60. The minimum Gasteiger partial charge on any atom is -0.330 e. The fourth-order valence-electron chi connectivity index (χ4n) is 0.613. The zero-order valence-electron chi connectivity index (χ0n) is 4.73. The van der Waals surface area contributed by atoms with Gasteiger partial charge in [-0.1, -0.05) is 0 Å². The Balaban J connectivity index is 2.67. The summed E-state index contributed by atoms with van der Waals surface area (Å²) in [5, 5.41) is 2.21. The number of rotatable bonds is 0. The maximum atomic E-state index is 12.3. The Morgan fingerprint density at radius 3 is 3.00 bits per heavy atom. The van der Waals surface area contributed by atoms with Crippen molar-refractivity contribution in [2.75, 3.05) is 0 Å².